The molecule has 0 heterocycles. The van der Waals surface area contributed by atoms with Crippen molar-refractivity contribution in [3.05, 3.63) is 47.5 Å². The third-order valence-corrected chi connectivity index (χ3v) is 2.72. The van der Waals surface area contributed by atoms with Gasteiger partial charge in [-0.05, 0) is 42.4 Å². The molecular weight excluding hydrogens is 168 g/mol. The molecule has 0 aliphatic rings. The Morgan fingerprint density at radius 2 is 1.86 bits per heavy atom. The summed E-state index contributed by atoms with van der Waals surface area (Å²) in [6.07, 6.45) is 6.51. The van der Waals surface area contributed by atoms with Gasteiger partial charge in [0.1, 0.15) is 0 Å². The van der Waals surface area contributed by atoms with E-state index in [-0.39, 0.29) is 0 Å². The molecule has 0 aliphatic carbocycles. The van der Waals surface area contributed by atoms with Crippen LogP contribution in [0.3, 0.4) is 0 Å². The highest BCUT2D eigenvalue weighted by Crippen LogP contribution is 2.18. The van der Waals surface area contributed by atoms with Crippen molar-refractivity contribution in [2.24, 2.45) is 0 Å². The van der Waals surface area contributed by atoms with Crippen molar-refractivity contribution in [1.29, 1.82) is 0 Å². The van der Waals surface area contributed by atoms with E-state index >= 15 is 0 Å². The van der Waals surface area contributed by atoms with Crippen LogP contribution in [0.1, 0.15) is 37.0 Å². The van der Waals surface area contributed by atoms with Gasteiger partial charge >= 0.3 is 0 Å². The Kier molecular flexibility index (Phi) is 4.45. The van der Waals surface area contributed by atoms with Gasteiger partial charge in [-0.1, -0.05) is 38.1 Å². The van der Waals surface area contributed by atoms with Crippen molar-refractivity contribution in [2.45, 2.75) is 39.5 Å². The minimum Gasteiger partial charge on any atom is -0.103 e. The van der Waals surface area contributed by atoms with Gasteiger partial charge < -0.3 is 0 Å². The fraction of sp³-hybridized carbons (Fsp3) is 0.429. The maximum atomic E-state index is 3.77. The molecule has 0 nitrogen and oxygen atoms in total. The normalized spacial score (nSPS) is 10.1. The lowest BCUT2D eigenvalue weighted by atomic mass is 9.94. The zero-order valence-corrected chi connectivity index (χ0v) is 9.34. The molecule has 1 rings (SSSR count). The predicted octanol–water partition coefficient (Wildman–Crippen LogP) is 3.93. The van der Waals surface area contributed by atoms with Crippen molar-refractivity contribution >= 4 is 0 Å². The Balaban J connectivity index is 2.95. The van der Waals surface area contributed by atoms with Crippen LogP contribution in [0.2, 0.25) is 0 Å². The first-order valence-corrected chi connectivity index (χ1v) is 5.54. The van der Waals surface area contributed by atoms with E-state index in [1.54, 1.807) is 5.56 Å². The molecule has 0 radical (unpaired) electrons. The summed E-state index contributed by atoms with van der Waals surface area (Å²) in [4.78, 5) is 0. The Labute approximate surface area is 87.7 Å². The van der Waals surface area contributed by atoms with Gasteiger partial charge in [-0.2, -0.15) is 0 Å². The maximum Gasteiger partial charge on any atom is -0.0241 e. The third-order valence-electron chi connectivity index (χ3n) is 2.72. The molecule has 0 bridgehead atoms. The number of hydrogen-bond acceptors (Lipinski definition) is 0. The highest BCUT2D eigenvalue weighted by atomic mass is 14.1. The average molecular weight is 188 g/mol. The standard InChI is InChI=1S/C14H20/c1-4-7-9-13-11-8-10-12(5-2)14(13)6-3/h4,8,10-11H,1,5-7,9H2,2-3H3. The van der Waals surface area contributed by atoms with Crippen molar-refractivity contribution in [3.63, 3.8) is 0 Å². The van der Waals surface area contributed by atoms with E-state index < -0.39 is 0 Å². The minimum atomic E-state index is 1.08. The summed E-state index contributed by atoms with van der Waals surface area (Å²) in [5.41, 5.74) is 4.57. The highest BCUT2D eigenvalue weighted by molar-refractivity contribution is 5.35. The maximum absolute atomic E-state index is 3.77. The molecular formula is C14H20. The Bertz CT molecular complexity index is 297. The summed E-state index contributed by atoms with van der Waals surface area (Å²) in [5.74, 6) is 0. The van der Waals surface area contributed by atoms with E-state index in [2.05, 4.69) is 38.6 Å². The molecule has 0 spiro atoms. The second-order valence-electron chi connectivity index (χ2n) is 3.59. The van der Waals surface area contributed by atoms with E-state index in [0.717, 1.165) is 25.7 Å². The molecule has 0 saturated carbocycles. The topological polar surface area (TPSA) is 0 Å². The van der Waals surface area contributed by atoms with E-state index in [1.807, 2.05) is 6.08 Å². The van der Waals surface area contributed by atoms with Gasteiger partial charge in [0.25, 0.3) is 0 Å². The zero-order chi connectivity index (χ0) is 10.4. The van der Waals surface area contributed by atoms with Crippen LogP contribution in [0.5, 0.6) is 0 Å². The second kappa shape index (κ2) is 5.64. The molecule has 0 saturated heterocycles. The lowest BCUT2D eigenvalue weighted by Crippen LogP contribution is -1.97. The molecule has 0 N–H and O–H groups in total. The third kappa shape index (κ3) is 2.47. The van der Waals surface area contributed by atoms with E-state index in [0.29, 0.717) is 0 Å². The van der Waals surface area contributed by atoms with E-state index in [9.17, 15) is 0 Å². The van der Waals surface area contributed by atoms with Crippen LogP contribution in [0.25, 0.3) is 0 Å². The van der Waals surface area contributed by atoms with Gasteiger partial charge in [-0.15, -0.1) is 6.58 Å². The SMILES string of the molecule is C=CCCc1cccc(CC)c1CC. The van der Waals surface area contributed by atoms with Gasteiger partial charge in [-0.3, -0.25) is 0 Å². The van der Waals surface area contributed by atoms with Gasteiger partial charge in [0, 0.05) is 0 Å². The summed E-state index contributed by atoms with van der Waals surface area (Å²) < 4.78 is 0. The van der Waals surface area contributed by atoms with Crippen molar-refractivity contribution in [1.82, 2.24) is 0 Å². The molecule has 1 aromatic carbocycles. The molecule has 14 heavy (non-hydrogen) atoms. The average Bonchev–Trinajstić information content (AvgIpc) is 2.25. The van der Waals surface area contributed by atoms with Crippen LogP contribution in [0, 0.1) is 0 Å². The molecule has 76 valence electrons. The summed E-state index contributed by atoms with van der Waals surface area (Å²) in [5, 5.41) is 0. The molecule has 0 atom stereocenters. The summed E-state index contributed by atoms with van der Waals surface area (Å²) in [7, 11) is 0. The predicted molar refractivity (Wildman–Crippen MR) is 63.7 cm³/mol. The second-order valence-corrected chi connectivity index (χ2v) is 3.59. The van der Waals surface area contributed by atoms with Crippen LogP contribution >= 0.6 is 0 Å². The van der Waals surface area contributed by atoms with Crippen molar-refractivity contribution in [3.8, 4) is 0 Å². The van der Waals surface area contributed by atoms with Crippen LogP contribution in [-0.4, -0.2) is 0 Å². The number of aryl methyl sites for hydroxylation is 2. The van der Waals surface area contributed by atoms with Crippen LogP contribution in [0.15, 0.2) is 30.9 Å². The lowest BCUT2D eigenvalue weighted by molar-refractivity contribution is 0.936. The van der Waals surface area contributed by atoms with Crippen molar-refractivity contribution < 1.29 is 0 Å². The molecule has 0 unspecified atom stereocenters. The molecule has 0 aromatic heterocycles. The quantitative estimate of drug-likeness (QED) is 0.614. The fourth-order valence-corrected chi connectivity index (χ4v) is 1.96. The van der Waals surface area contributed by atoms with Gasteiger partial charge in [0.15, 0.2) is 0 Å². The van der Waals surface area contributed by atoms with E-state index in [1.165, 1.54) is 11.1 Å². The summed E-state index contributed by atoms with van der Waals surface area (Å²) in [6.45, 7) is 8.24. The number of rotatable bonds is 5. The molecule has 0 aliphatic heterocycles. The molecule has 1 aromatic rings. The minimum absolute atomic E-state index is 1.08. The Morgan fingerprint density at radius 1 is 1.14 bits per heavy atom. The summed E-state index contributed by atoms with van der Waals surface area (Å²) >= 11 is 0. The smallest absolute Gasteiger partial charge is 0.0241 e. The first-order chi connectivity index (χ1) is 6.83. The van der Waals surface area contributed by atoms with Crippen LogP contribution in [-0.2, 0) is 19.3 Å². The van der Waals surface area contributed by atoms with E-state index in [4.69, 9.17) is 0 Å². The van der Waals surface area contributed by atoms with Crippen LogP contribution < -0.4 is 0 Å². The zero-order valence-electron chi connectivity index (χ0n) is 9.34. The fourth-order valence-electron chi connectivity index (χ4n) is 1.96. The van der Waals surface area contributed by atoms with Gasteiger partial charge in [-0.25, -0.2) is 0 Å². The largest absolute Gasteiger partial charge is 0.103 e. The van der Waals surface area contributed by atoms with Gasteiger partial charge in [0.2, 0.25) is 0 Å². The molecule has 0 fully saturated rings. The van der Waals surface area contributed by atoms with Crippen molar-refractivity contribution in [2.75, 3.05) is 0 Å². The molecule has 0 amide bonds. The first-order valence-electron chi connectivity index (χ1n) is 5.54. The Morgan fingerprint density at radius 3 is 2.43 bits per heavy atom. The highest BCUT2D eigenvalue weighted by Gasteiger charge is 2.03. The number of allylic oxidation sites excluding steroid dienone is 1. The number of benzene rings is 1. The molecule has 0 heteroatoms. The Hall–Kier alpha value is -1.04. The lowest BCUT2D eigenvalue weighted by Gasteiger charge is -2.11. The summed E-state index contributed by atoms with van der Waals surface area (Å²) in [6, 6.07) is 6.67. The van der Waals surface area contributed by atoms with Crippen LogP contribution in [0.4, 0.5) is 0 Å². The first kappa shape index (κ1) is 11.0. The monoisotopic (exact) mass is 188 g/mol. The number of hydrogen-bond donors (Lipinski definition) is 0. The van der Waals surface area contributed by atoms with Gasteiger partial charge in [0.05, 0.1) is 0 Å².